The molecule has 1 unspecified atom stereocenters. The third-order valence-electron chi connectivity index (χ3n) is 5.06. The van der Waals surface area contributed by atoms with Crippen molar-refractivity contribution in [1.82, 2.24) is 0 Å². The maximum Gasteiger partial charge on any atom is 0.282 e. The zero-order valence-corrected chi connectivity index (χ0v) is 17.6. The van der Waals surface area contributed by atoms with Gasteiger partial charge < -0.3 is 15.5 Å². The molecule has 0 fully saturated rings. The molecule has 6 heteroatoms. The van der Waals surface area contributed by atoms with E-state index in [2.05, 4.69) is 24.5 Å². The third kappa shape index (κ3) is 6.08. The van der Waals surface area contributed by atoms with E-state index >= 15 is 0 Å². The second-order valence-corrected chi connectivity index (χ2v) is 7.62. The molecule has 150 valence electrons. The van der Waals surface area contributed by atoms with Crippen LogP contribution >= 0.6 is 11.6 Å². The molecule has 0 saturated carbocycles. The maximum absolute atomic E-state index is 12.7. The summed E-state index contributed by atoms with van der Waals surface area (Å²) in [4.78, 5) is 25.8. The van der Waals surface area contributed by atoms with Crippen molar-refractivity contribution >= 4 is 34.8 Å². The van der Waals surface area contributed by atoms with Crippen molar-refractivity contribution in [2.75, 3.05) is 24.2 Å². The fraction of sp³-hybridized carbons (Fsp3) is 0.364. The van der Waals surface area contributed by atoms with Gasteiger partial charge >= 0.3 is 0 Å². The van der Waals surface area contributed by atoms with Crippen LogP contribution in [-0.4, -0.2) is 31.4 Å². The topological polar surface area (TPSA) is 62.6 Å². The Balaban J connectivity index is 1.95. The van der Waals surface area contributed by atoms with E-state index in [-0.39, 0.29) is 24.4 Å². The molecular weight excluding hydrogens is 374 g/mol. The smallest absolute Gasteiger partial charge is 0.282 e. The Bertz CT molecular complexity index is 808. The van der Waals surface area contributed by atoms with Crippen LogP contribution in [0.25, 0.3) is 0 Å². The van der Waals surface area contributed by atoms with Gasteiger partial charge in [0.05, 0.1) is 7.05 Å². The number of carbonyl (C=O) groups excluding carboxylic acids is 2. The molecule has 3 N–H and O–H groups in total. The van der Waals surface area contributed by atoms with Crippen LogP contribution < -0.4 is 15.5 Å². The number of hydrogen-bond acceptors (Lipinski definition) is 2. The van der Waals surface area contributed by atoms with E-state index in [0.717, 1.165) is 22.6 Å². The molecule has 0 bridgehead atoms. The first kappa shape index (κ1) is 21.9. The van der Waals surface area contributed by atoms with Gasteiger partial charge in [0.2, 0.25) is 0 Å². The van der Waals surface area contributed by atoms with E-state index in [4.69, 9.17) is 11.6 Å². The zero-order chi connectivity index (χ0) is 20.7. The van der Waals surface area contributed by atoms with E-state index in [1.54, 1.807) is 24.3 Å². The zero-order valence-electron chi connectivity index (χ0n) is 16.9. The molecule has 0 saturated heterocycles. The van der Waals surface area contributed by atoms with Crippen molar-refractivity contribution in [3.8, 4) is 0 Å². The summed E-state index contributed by atoms with van der Waals surface area (Å²) in [5.41, 5.74) is 2.65. The van der Waals surface area contributed by atoms with Gasteiger partial charge in [0.15, 0.2) is 12.6 Å². The van der Waals surface area contributed by atoms with Crippen LogP contribution in [0.4, 0.5) is 11.4 Å². The van der Waals surface area contributed by atoms with Crippen LogP contribution in [0.5, 0.6) is 0 Å². The Morgan fingerprint density at radius 3 is 2.32 bits per heavy atom. The minimum absolute atomic E-state index is 0.104. The van der Waals surface area contributed by atoms with E-state index in [9.17, 15) is 9.59 Å². The highest BCUT2D eigenvalue weighted by molar-refractivity contribution is 6.30. The fourth-order valence-electron chi connectivity index (χ4n) is 2.87. The molecule has 2 amide bonds. The molecule has 0 aromatic heterocycles. The summed E-state index contributed by atoms with van der Waals surface area (Å²) in [7, 11) is 1.84. The highest BCUT2D eigenvalue weighted by Crippen LogP contribution is 2.26. The molecule has 0 aliphatic carbocycles. The summed E-state index contributed by atoms with van der Waals surface area (Å²) < 4.78 is 0. The number of benzene rings is 2. The van der Waals surface area contributed by atoms with Crippen molar-refractivity contribution in [2.24, 2.45) is 0 Å². The number of quaternary nitrogens is 1. The van der Waals surface area contributed by atoms with Gasteiger partial charge in [0.25, 0.3) is 11.8 Å². The Labute approximate surface area is 172 Å². The number of likely N-dealkylation sites (N-methyl/N-ethyl adjacent to an activating group) is 1. The molecule has 0 aliphatic rings. The minimum Gasteiger partial charge on any atom is -0.321 e. The molecular formula is C22H29ClN3O2+. The van der Waals surface area contributed by atoms with Gasteiger partial charge in [0.1, 0.15) is 0 Å². The number of carbonyl (C=O) groups is 2. The fourth-order valence-corrected chi connectivity index (χ4v) is 3.00. The maximum atomic E-state index is 12.7. The van der Waals surface area contributed by atoms with E-state index in [0.29, 0.717) is 16.6 Å². The van der Waals surface area contributed by atoms with E-state index < -0.39 is 0 Å². The van der Waals surface area contributed by atoms with Crippen LogP contribution in [0.2, 0.25) is 5.02 Å². The number of anilines is 2. The Kier molecular flexibility index (Phi) is 8.03. The second-order valence-electron chi connectivity index (χ2n) is 7.19. The van der Waals surface area contributed by atoms with Crippen LogP contribution in [0, 0.1) is 0 Å². The lowest BCUT2D eigenvalue weighted by Gasteiger charge is -2.22. The third-order valence-corrected chi connectivity index (χ3v) is 5.31. The quantitative estimate of drug-likeness (QED) is 0.634. The molecule has 0 radical (unpaired) electrons. The summed E-state index contributed by atoms with van der Waals surface area (Å²) in [6.45, 7) is 6.28. The standard InChI is InChI=1S/C22H28ClN3O2/c1-5-15(2)19-8-6-7-9-20(19)25-22(28)16(3)26(4)14-21(27)24-18-12-10-17(23)11-13-18/h6-13,15-16H,5,14H2,1-4H3,(H,24,27)(H,25,28)/p+1/t15-,16+/m0/s1. The molecule has 0 spiro atoms. The molecule has 5 nitrogen and oxygen atoms in total. The number of amides is 2. The van der Waals surface area contributed by atoms with Gasteiger partial charge in [-0.05, 0) is 55.2 Å². The number of para-hydroxylation sites is 1. The van der Waals surface area contributed by atoms with Gasteiger partial charge in [-0.1, -0.05) is 43.6 Å². The number of nitrogens with one attached hydrogen (secondary N) is 3. The van der Waals surface area contributed by atoms with Crippen molar-refractivity contribution in [2.45, 2.75) is 39.2 Å². The van der Waals surface area contributed by atoms with Gasteiger partial charge in [-0.15, -0.1) is 0 Å². The summed E-state index contributed by atoms with van der Waals surface area (Å²) in [5.74, 6) is 0.106. The van der Waals surface area contributed by atoms with Gasteiger partial charge in [-0.2, -0.15) is 0 Å². The Morgan fingerprint density at radius 2 is 1.68 bits per heavy atom. The first-order valence-electron chi connectivity index (χ1n) is 9.59. The average Bonchev–Trinajstić information content (AvgIpc) is 2.68. The van der Waals surface area contributed by atoms with E-state index in [1.807, 2.05) is 38.2 Å². The summed E-state index contributed by atoms with van der Waals surface area (Å²) >= 11 is 5.85. The Hall–Kier alpha value is -2.37. The molecule has 0 aliphatic heterocycles. The SMILES string of the molecule is CC[C@H](C)c1ccccc1NC(=O)[C@@H](C)[NH+](C)CC(=O)Nc1ccc(Cl)cc1. The first-order valence-corrected chi connectivity index (χ1v) is 9.97. The summed E-state index contributed by atoms with van der Waals surface area (Å²) in [5, 5.41) is 6.47. The highest BCUT2D eigenvalue weighted by Gasteiger charge is 2.25. The molecule has 2 aromatic carbocycles. The van der Waals surface area contributed by atoms with Crippen molar-refractivity contribution in [3.05, 3.63) is 59.1 Å². The number of rotatable bonds is 8. The van der Waals surface area contributed by atoms with Crippen molar-refractivity contribution in [1.29, 1.82) is 0 Å². The van der Waals surface area contributed by atoms with Crippen LogP contribution in [0.1, 0.15) is 38.7 Å². The van der Waals surface area contributed by atoms with Gasteiger partial charge in [-0.25, -0.2) is 0 Å². The predicted molar refractivity (Wildman–Crippen MR) is 115 cm³/mol. The molecule has 0 heterocycles. The summed E-state index contributed by atoms with van der Waals surface area (Å²) in [6, 6.07) is 14.4. The second kappa shape index (κ2) is 10.2. The molecule has 28 heavy (non-hydrogen) atoms. The molecule has 3 atom stereocenters. The number of halogens is 1. The lowest BCUT2D eigenvalue weighted by Crippen LogP contribution is -3.14. The van der Waals surface area contributed by atoms with Gasteiger partial charge in [-0.3, -0.25) is 9.59 Å². The van der Waals surface area contributed by atoms with Crippen LogP contribution in [0.15, 0.2) is 48.5 Å². The Morgan fingerprint density at radius 1 is 1.04 bits per heavy atom. The normalized spacial score (nSPS) is 14.0. The lowest BCUT2D eigenvalue weighted by molar-refractivity contribution is -0.885. The molecule has 2 rings (SSSR count). The predicted octanol–water partition coefficient (Wildman–Crippen LogP) is 3.33. The largest absolute Gasteiger partial charge is 0.321 e. The highest BCUT2D eigenvalue weighted by atomic mass is 35.5. The minimum atomic E-state index is -0.374. The van der Waals surface area contributed by atoms with Crippen molar-refractivity contribution in [3.63, 3.8) is 0 Å². The lowest BCUT2D eigenvalue weighted by atomic mass is 9.97. The van der Waals surface area contributed by atoms with Gasteiger partial charge in [0, 0.05) is 16.4 Å². The first-order chi connectivity index (χ1) is 13.3. The van der Waals surface area contributed by atoms with Crippen LogP contribution in [-0.2, 0) is 9.59 Å². The van der Waals surface area contributed by atoms with Crippen molar-refractivity contribution < 1.29 is 14.5 Å². The summed E-state index contributed by atoms with van der Waals surface area (Å²) in [6.07, 6.45) is 0.998. The van der Waals surface area contributed by atoms with Crippen LogP contribution in [0.3, 0.4) is 0 Å². The average molecular weight is 403 g/mol. The van der Waals surface area contributed by atoms with E-state index in [1.165, 1.54) is 0 Å². The monoisotopic (exact) mass is 402 g/mol. The number of hydrogen-bond donors (Lipinski definition) is 3. The molecule has 2 aromatic rings.